The fourth-order valence-corrected chi connectivity index (χ4v) is 3.63. The van der Waals surface area contributed by atoms with Crippen LogP contribution in [-0.2, 0) is 9.53 Å². The Kier molecular flexibility index (Phi) is 6.23. The number of benzene rings is 2. The number of aliphatic imine (C=N–C) groups is 1. The molecular formula is C21H18FNO5S. The second-order valence-corrected chi connectivity index (χ2v) is 6.91. The third-order valence-corrected chi connectivity index (χ3v) is 4.93. The number of methoxy groups -OCH3 is 1. The van der Waals surface area contributed by atoms with Crippen LogP contribution in [0.1, 0.15) is 12.5 Å². The summed E-state index contributed by atoms with van der Waals surface area (Å²) < 4.78 is 23.6. The zero-order valence-electron chi connectivity index (χ0n) is 15.7. The molecule has 0 saturated carbocycles. The summed E-state index contributed by atoms with van der Waals surface area (Å²) in [6, 6.07) is 10.3. The van der Waals surface area contributed by atoms with Crippen molar-refractivity contribution in [3.8, 4) is 11.5 Å². The smallest absolute Gasteiger partial charge is 0.344 e. The highest BCUT2D eigenvalue weighted by Crippen LogP contribution is 2.41. The SMILES string of the molecule is CCOC(=O)C1=C(O)/C(=C\c2ccc(O)c(OC)c2)SC1=Nc1cccc(F)c1. The number of phenolic OH excluding ortho intramolecular Hbond substituents is 1. The van der Waals surface area contributed by atoms with Crippen molar-refractivity contribution >= 4 is 34.5 Å². The van der Waals surface area contributed by atoms with Gasteiger partial charge in [0.2, 0.25) is 0 Å². The second kappa shape index (κ2) is 8.83. The number of thioether (sulfide) groups is 1. The predicted molar refractivity (Wildman–Crippen MR) is 110 cm³/mol. The fourth-order valence-electron chi connectivity index (χ4n) is 2.59. The average molecular weight is 415 g/mol. The number of carbonyl (C=O) groups is 1. The summed E-state index contributed by atoms with van der Waals surface area (Å²) in [7, 11) is 1.43. The molecule has 2 N–H and O–H groups in total. The van der Waals surface area contributed by atoms with Crippen LogP contribution in [0.2, 0.25) is 0 Å². The van der Waals surface area contributed by atoms with Gasteiger partial charge in [-0.25, -0.2) is 14.2 Å². The third kappa shape index (κ3) is 4.60. The molecule has 0 aromatic heterocycles. The summed E-state index contributed by atoms with van der Waals surface area (Å²) >= 11 is 1.05. The van der Waals surface area contributed by atoms with Crippen LogP contribution in [0.15, 0.2) is 63.7 Å². The van der Waals surface area contributed by atoms with Crippen LogP contribution >= 0.6 is 11.8 Å². The molecule has 0 unspecified atom stereocenters. The van der Waals surface area contributed by atoms with E-state index in [1.165, 1.54) is 31.4 Å². The molecule has 0 saturated heterocycles. The van der Waals surface area contributed by atoms with Crippen LogP contribution < -0.4 is 4.74 Å². The number of rotatable bonds is 5. The molecule has 8 heteroatoms. The van der Waals surface area contributed by atoms with Crippen LogP contribution in [-0.4, -0.2) is 34.9 Å². The molecular weight excluding hydrogens is 397 g/mol. The van der Waals surface area contributed by atoms with Crippen molar-refractivity contribution < 1.29 is 28.9 Å². The standard InChI is InChI=1S/C21H18FNO5S/c1-3-28-21(26)18-19(25)17(10-12-7-8-15(24)16(9-12)27-2)29-20(18)23-14-6-4-5-13(22)11-14/h4-11,24-25H,3H2,1-2H3/b17-10+,23-20?. The van der Waals surface area contributed by atoms with Crippen LogP contribution in [0.4, 0.5) is 10.1 Å². The maximum atomic E-state index is 13.5. The Balaban J connectivity index is 2.05. The number of hydrogen-bond donors (Lipinski definition) is 2. The fraction of sp³-hybridized carbons (Fsp3) is 0.143. The molecule has 0 amide bonds. The minimum absolute atomic E-state index is 0.0194. The molecule has 0 spiro atoms. The number of ether oxygens (including phenoxy) is 2. The Hall–Kier alpha value is -3.26. The number of hydrogen-bond acceptors (Lipinski definition) is 7. The van der Waals surface area contributed by atoms with E-state index in [0.29, 0.717) is 16.2 Å². The van der Waals surface area contributed by atoms with Crippen LogP contribution in [0.3, 0.4) is 0 Å². The van der Waals surface area contributed by atoms with Gasteiger partial charge in [0.1, 0.15) is 22.2 Å². The first-order valence-electron chi connectivity index (χ1n) is 8.64. The summed E-state index contributed by atoms with van der Waals surface area (Å²) in [5, 5.41) is 20.6. The second-order valence-electron chi connectivity index (χ2n) is 5.88. The van der Waals surface area contributed by atoms with E-state index in [-0.39, 0.29) is 34.5 Å². The lowest BCUT2D eigenvalue weighted by Gasteiger charge is -2.04. The molecule has 0 aliphatic carbocycles. The molecule has 1 aliphatic rings. The summed E-state index contributed by atoms with van der Waals surface area (Å²) in [5.41, 5.74) is 0.844. The summed E-state index contributed by atoms with van der Waals surface area (Å²) in [6.45, 7) is 1.78. The zero-order chi connectivity index (χ0) is 21.0. The lowest BCUT2D eigenvalue weighted by molar-refractivity contribution is -0.138. The lowest BCUT2D eigenvalue weighted by atomic mass is 10.1. The molecule has 0 radical (unpaired) electrons. The summed E-state index contributed by atoms with van der Waals surface area (Å²) in [6.07, 6.45) is 1.62. The molecule has 0 fully saturated rings. The van der Waals surface area contributed by atoms with E-state index in [1.807, 2.05) is 0 Å². The van der Waals surface area contributed by atoms with Crippen molar-refractivity contribution in [1.82, 2.24) is 0 Å². The van der Waals surface area contributed by atoms with Gasteiger partial charge in [-0.3, -0.25) is 0 Å². The van der Waals surface area contributed by atoms with E-state index >= 15 is 0 Å². The number of aliphatic hydroxyl groups excluding tert-OH is 1. The molecule has 1 aliphatic heterocycles. The molecule has 1 heterocycles. The minimum atomic E-state index is -0.723. The monoisotopic (exact) mass is 415 g/mol. The zero-order valence-corrected chi connectivity index (χ0v) is 16.5. The van der Waals surface area contributed by atoms with Gasteiger partial charge in [0.05, 0.1) is 24.3 Å². The predicted octanol–water partition coefficient (Wildman–Crippen LogP) is 4.73. The number of carbonyl (C=O) groups excluding carboxylic acids is 1. The Morgan fingerprint density at radius 2 is 2.03 bits per heavy atom. The van der Waals surface area contributed by atoms with Crippen molar-refractivity contribution in [2.45, 2.75) is 6.92 Å². The minimum Gasteiger partial charge on any atom is -0.506 e. The Labute approximate surface area is 171 Å². The molecule has 6 nitrogen and oxygen atoms in total. The Morgan fingerprint density at radius 3 is 2.72 bits per heavy atom. The van der Waals surface area contributed by atoms with Crippen molar-refractivity contribution in [2.24, 2.45) is 4.99 Å². The number of aromatic hydroxyl groups is 1. The largest absolute Gasteiger partial charge is 0.506 e. The topological polar surface area (TPSA) is 88.4 Å². The van der Waals surface area contributed by atoms with Crippen LogP contribution in [0.25, 0.3) is 6.08 Å². The summed E-state index contributed by atoms with van der Waals surface area (Å²) in [5.74, 6) is -1.22. The number of esters is 1. The Bertz CT molecular complexity index is 1050. The van der Waals surface area contributed by atoms with E-state index < -0.39 is 11.8 Å². The van der Waals surface area contributed by atoms with Crippen molar-refractivity contribution in [1.29, 1.82) is 0 Å². The maximum absolute atomic E-state index is 13.5. The molecule has 2 aromatic rings. The van der Waals surface area contributed by atoms with E-state index in [2.05, 4.69) is 4.99 Å². The highest BCUT2D eigenvalue weighted by atomic mass is 32.2. The first-order valence-corrected chi connectivity index (χ1v) is 9.46. The molecule has 0 atom stereocenters. The normalized spacial score (nSPS) is 16.5. The van der Waals surface area contributed by atoms with Crippen LogP contribution in [0.5, 0.6) is 11.5 Å². The van der Waals surface area contributed by atoms with Crippen molar-refractivity contribution in [2.75, 3.05) is 13.7 Å². The van der Waals surface area contributed by atoms with E-state index in [0.717, 1.165) is 11.8 Å². The average Bonchev–Trinajstić information content (AvgIpc) is 2.98. The maximum Gasteiger partial charge on any atom is 0.344 e. The number of aliphatic hydroxyl groups is 1. The van der Waals surface area contributed by atoms with Gasteiger partial charge < -0.3 is 19.7 Å². The van der Waals surface area contributed by atoms with Crippen molar-refractivity contribution in [3.63, 3.8) is 0 Å². The molecule has 150 valence electrons. The van der Waals surface area contributed by atoms with Gasteiger partial charge in [0.15, 0.2) is 11.5 Å². The van der Waals surface area contributed by atoms with Gasteiger partial charge in [-0.05, 0) is 48.9 Å². The quantitative estimate of drug-likeness (QED) is 0.686. The van der Waals surface area contributed by atoms with Gasteiger partial charge >= 0.3 is 5.97 Å². The van der Waals surface area contributed by atoms with Gasteiger partial charge in [-0.2, -0.15) is 0 Å². The molecule has 2 aromatic carbocycles. The number of phenols is 1. The van der Waals surface area contributed by atoms with Crippen molar-refractivity contribution in [3.05, 3.63) is 70.1 Å². The van der Waals surface area contributed by atoms with E-state index in [4.69, 9.17) is 9.47 Å². The molecule has 3 rings (SSSR count). The van der Waals surface area contributed by atoms with E-state index in [1.54, 1.807) is 31.2 Å². The highest BCUT2D eigenvalue weighted by molar-refractivity contribution is 8.18. The molecule has 29 heavy (non-hydrogen) atoms. The van der Waals surface area contributed by atoms with Gasteiger partial charge in [0, 0.05) is 0 Å². The highest BCUT2D eigenvalue weighted by Gasteiger charge is 2.33. The van der Waals surface area contributed by atoms with Gasteiger partial charge in [0.25, 0.3) is 0 Å². The van der Waals surface area contributed by atoms with Crippen LogP contribution in [0, 0.1) is 5.82 Å². The number of nitrogens with zero attached hydrogens (tertiary/aromatic N) is 1. The van der Waals surface area contributed by atoms with Gasteiger partial charge in [-0.1, -0.05) is 23.9 Å². The molecule has 0 bridgehead atoms. The first-order chi connectivity index (χ1) is 13.9. The summed E-state index contributed by atoms with van der Waals surface area (Å²) in [4.78, 5) is 17.0. The van der Waals surface area contributed by atoms with Gasteiger partial charge in [-0.15, -0.1) is 0 Å². The third-order valence-electron chi connectivity index (χ3n) is 3.91. The van der Waals surface area contributed by atoms with E-state index in [9.17, 15) is 19.4 Å². The first kappa shape index (κ1) is 20.5. The Morgan fingerprint density at radius 1 is 1.24 bits per heavy atom. The lowest BCUT2D eigenvalue weighted by Crippen LogP contribution is -2.12. The number of halogens is 1.